The smallest absolute Gasteiger partial charge is 0.264 e. The molecule has 1 spiro atoms. The molecule has 4 rings (SSSR count). The number of carbonyl (C=O) groups excluding carboxylic acids is 1. The van der Waals surface area contributed by atoms with Crippen LogP contribution in [0.2, 0.25) is 0 Å². The minimum Gasteiger partial charge on any atom is -0.377 e. The number of hydrogen-bond acceptors (Lipinski definition) is 5. The van der Waals surface area contributed by atoms with Gasteiger partial charge in [0.2, 0.25) is 0 Å². The summed E-state index contributed by atoms with van der Waals surface area (Å²) in [6.07, 6.45) is 2.71. The molecule has 1 saturated carbocycles. The molecule has 1 unspecified atom stereocenters. The van der Waals surface area contributed by atoms with Gasteiger partial charge in [0.25, 0.3) is 5.91 Å². The highest BCUT2D eigenvalue weighted by atomic mass is 32.1. The molecule has 0 bridgehead atoms. The summed E-state index contributed by atoms with van der Waals surface area (Å²) in [5, 5.41) is 1.95. The van der Waals surface area contributed by atoms with Crippen molar-refractivity contribution in [2.45, 2.75) is 18.4 Å². The molecular formula is C17H24N2O3S. The topological polar surface area (TPSA) is 42.0 Å². The third kappa shape index (κ3) is 3.60. The van der Waals surface area contributed by atoms with Gasteiger partial charge in [0.15, 0.2) is 0 Å². The summed E-state index contributed by atoms with van der Waals surface area (Å²) in [5.41, 5.74) is -0.365. The van der Waals surface area contributed by atoms with Crippen molar-refractivity contribution in [3.8, 4) is 0 Å². The Bertz CT molecular complexity index is 546. The summed E-state index contributed by atoms with van der Waals surface area (Å²) < 4.78 is 12.0. The number of carbonyl (C=O) groups is 1. The average molecular weight is 336 g/mol. The van der Waals surface area contributed by atoms with E-state index in [2.05, 4.69) is 4.90 Å². The van der Waals surface area contributed by atoms with Gasteiger partial charge in [-0.1, -0.05) is 6.07 Å². The van der Waals surface area contributed by atoms with Gasteiger partial charge in [-0.15, -0.1) is 11.3 Å². The van der Waals surface area contributed by atoms with Crippen molar-refractivity contribution in [2.75, 3.05) is 52.5 Å². The molecule has 2 saturated heterocycles. The first-order chi connectivity index (χ1) is 11.2. The van der Waals surface area contributed by atoms with Gasteiger partial charge >= 0.3 is 0 Å². The van der Waals surface area contributed by atoms with Gasteiger partial charge in [-0.05, 0) is 30.2 Å². The molecule has 1 aromatic heterocycles. The molecule has 1 amide bonds. The zero-order chi connectivity index (χ0) is 15.7. The fraction of sp³-hybridized carbons (Fsp3) is 0.706. The van der Waals surface area contributed by atoms with Crippen LogP contribution in [0.1, 0.15) is 22.5 Å². The second kappa shape index (κ2) is 6.51. The van der Waals surface area contributed by atoms with Crippen LogP contribution in [0, 0.1) is 5.92 Å². The van der Waals surface area contributed by atoms with Gasteiger partial charge in [0, 0.05) is 26.2 Å². The third-order valence-electron chi connectivity index (χ3n) is 4.91. The summed E-state index contributed by atoms with van der Waals surface area (Å²) in [6.45, 7) is 6.23. The summed E-state index contributed by atoms with van der Waals surface area (Å²) in [6, 6.07) is 3.83. The Morgan fingerprint density at radius 2 is 2.22 bits per heavy atom. The first-order valence-corrected chi connectivity index (χ1v) is 9.39. The molecule has 1 atom stereocenters. The molecule has 5 nitrogen and oxygen atoms in total. The molecule has 3 fully saturated rings. The second-order valence-electron chi connectivity index (χ2n) is 6.97. The SMILES string of the molecule is O=C(c1cccs1)N1CCOC2(COCCN(CC3CC3)C2)C1. The van der Waals surface area contributed by atoms with Crippen LogP contribution >= 0.6 is 11.3 Å². The summed E-state index contributed by atoms with van der Waals surface area (Å²) in [4.78, 5) is 17.9. The van der Waals surface area contributed by atoms with E-state index in [1.807, 2.05) is 22.4 Å². The van der Waals surface area contributed by atoms with Crippen molar-refractivity contribution in [3.05, 3.63) is 22.4 Å². The van der Waals surface area contributed by atoms with Gasteiger partial charge in [0.1, 0.15) is 5.60 Å². The summed E-state index contributed by atoms with van der Waals surface area (Å²) in [5.74, 6) is 0.984. The van der Waals surface area contributed by atoms with Crippen LogP contribution in [-0.2, 0) is 9.47 Å². The molecule has 3 heterocycles. The second-order valence-corrected chi connectivity index (χ2v) is 7.91. The standard InChI is InChI=1S/C17H24N2O3S/c20-16(15-2-1-9-23-15)19-6-8-22-17(12-19)11-18(5-7-21-13-17)10-14-3-4-14/h1-2,9,14H,3-8,10-13H2. The van der Waals surface area contributed by atoms with E-state index in [9.17, 15) is 4.79 Å². The van der Waals surface area contributed by atoms with E-state index in [0.29, 0.717) is 26.3 Å². The van der Waals surface area contributed by atoms with E-state index >= 15 is 0 Å². The van der Waals surface area contributed by atoms with Crippen molar-refractivity contribution in [1.29, 1.82) is 0 Å². The Morgan fingerprint density at radius 1 is 1.30 bits per heavy atom. The van der Waals surface area contributed by atoms with Crippen LogP contribution in [0.25, 0.3) is 0 Å². The first kappa shape index (κ1) is 15.6. The highest BCUT2D eigenvalue weighted by Crippen LogP contribution is 2.31. The molecule has 0 N–H and O–H groups in total. The normalized spacial score (nSPS) is 29.7. The zero-order valence-electron chi connectivity index (χ0n) is 13.4. The predicted octanol–water partition coefficient (Wildman–Crippen LogP) is 1.70. The van der Waals surface area contributed by atoms with E-state index in [4.69, 9.17) is 9.47 Å². The van der Waals surface area contributed by atoms with E-state index < -0.39 is 0 Å². The van der Waals surface area contributed by atoms with Gasteiger partial charge in [-0.3, -0.25) is 9.69 Å². The average Bonchev–Trinajstić information content (AvgIpc) is 3.24. The molecule has 6 heteroatoms. The molecule has 0 aromatic carbocycles. The maximum absolute atomic E-state index is 12.7. The van der Waals surface area contributed by atoms with Crippen LogP contribution in [-0.4, -0.2) is 73.9 Å². The summed E-state index contributed by atoms with van der Waals surface area (Å²) >= 11 is 1.51. The maximum atomic E-state index is 12.7. The Hall–Kier alpha value is -0.950. The minimum absolute atomic E-state index is 0.126. The Balaban J connectivity index is 1.46. The molecule has 2 aliphatic heterocycles. The van der Waals surface area contributed by atoms with Gasteiger partial charge in [-0.2, -0.15) is 0 Å². The zero-order valence-corrected chi connectivity index (χ0v) is 14.2. The fourth-order valence-corrected chi connectivity index (χ4v) is 4.25. The lowest BCUT2D eigenvalue weighted by Crippen LogP contribution is -2.59. The van der Waals surface area contributed by atoms with Crippen LogP contribution < -0.4 is 0 Å². The van der Waals surface area contributed by atoms with Crippen molar-refractivity contribution in [2.24, 2.45) is 5.92 Å². The minimum atomic E-state index is -0.365. The number of ether oxygens (including phenoxy) is 2. The molecular weight excluding hydrogens is 312 g/mol. The number of hydrogen-bond donors (Lipinski definition) is 0. The van der Waals surface area contributed by atoms with E-state index in [0.717, 1.165) is 37.0 Å². The van der Waals surface area contributed by atoms with E-state index in [1.165, 1.54) is 24.2 Å². The molecule has 23 heavy (non-hydrogen) atoms. The molecule has 1 aromatic rings. The lowest BCUT2D eigenvalue weighted by atomic mass is 10.0. The Kier molecular flexibility index (Phi) is 4.41. The lowest BCUT2D eigenvalue weighted by Gasteiger charge is -2.43. The van der Waals surface area contributed by atoms with Crippen LogP contribution in [0.5, 0.6) is 0 Å². The van der Waals surface area contributed by atoms with Gasteiger partial charge < -0.3 is 14.4 Å². The van der Waals surface area contributed by atoms with E-state index in [1.54, 1.807) is 0 Å². The summed E-state index contributed by atoms with van der Waals surface area (Å²) in [7, 11) is 0. The molecule has 126 valence electrons. The van der Waals surface area contributed by atoms with Crippen molar-refractivity contribution in [3.63, 3.8) is 0 Å². The highest BCUT2D eigenvalue weighted by molar-refractivity contribution is 7.12. The van der Waals surface area contributed by atoms with E-state index in [-0.39, 0.29) is 11.5 Å². The highest BCUT2D eigenvalue weighted by Gasteiger charge is 2.42. The monoisotopic (exact) mass is 336 g/mol. The van der Waals surface area contributed by atoms with Gasteiger partial charge in [0.05, 0.1) is 31.2 Å². The number of nitrogens with zero attached hydrogens (tertiary/aromatic N) is 2. The fourth-order valence-electron chi connectivity index (χ4n) is 3.56. The van der Waals surface area contributed by atoms with Crippen molar-refractivity contribution < 1.29 is 14.3 Å². The number of amides is 1. The molecule has 3 aliphatic rings. The maximum Gasteiger partial charge on any atom is 0.264 e. The third-order valence-corrected chi connectivity index (χ3v) is 5.77. The number of morpholine rings is 1. The Labute approximate surface area is 141 Å². The van der Waals surface area contributed by atoms with Crippen LogP contribution in [0.15, 0.2) is 17.5 Å². The van der Waals surface area contributed by atoms with Crippen LogP contribution in [0.4, 0.5) is 0 Å². The number of rotatable bonds is 3. The predicted molar refractivity (Wildman–Crippen MR) is 88.9 cm³/mol. The van der Waals surface area contributed by atoms with Crippen molar-refractivity contribution in [1.82, 2.24) is 9.80 Å². The largest absolute Gasteiger partial charge is 0.377 e. The van der Waals surface area contributed by atoms with Gasteiger partial charge in [-0.25, -0.2) is 0 Å². The van der Waals surface area contributed by atoms with Crippen LogP contribution in [0.3, 0.4) is 0 Å². The Morgan fingerprint density at radius 3 is 3.00 bits per heavy atom. The first-order valence-electron chi connectivity index (χ1n) is 8.51. The molecule has 0 radical (unpaired) electrons. The molecule has 1 aliphatic carbocycles. The van der Waals surface area contributed by atoms with Crippen molar-refractivity contribution >= 4 is 17.2 Å². The quantitative estimate of drug-likeness (QED) is 0.843. The lowest BCUT2D eigenvalue weighted by molar-refractivity contribution is -0.133. The number of thiophene rings is 1.